The summed E-state index contributed by atoms with van der Waals surface area (Å²) in [6, 6.07) is 0. The lowest BCUT2D eigenvalue weighted by atomic mass is 10.4. The van der Waals surface area contributed by atoms with Gasteiger partial charge in [-0.1, -0.05) is 0 Å². The van der Waals surface area contributed by atoms with Crippen molar-refractivity contribution in [3.05, 3.63) is 5.82 Å². The summed E-state index contributed by atoms with van der Waals surface area (Å²) in [7, 11) is 0. The number of hydrogen-bond acceptors (Lipinski definition) is 4. The monoisotopic (exact) mass is 223 g/mol. The van der Waals surface area contributed by atoms with E-state index in [0.29, 0.717) is 0 Å². The Bertz CT molecular complexity index is 329. The van der Waals surface area contributed by atoms with E-state index in [2.05, 4.69) is 39.2 Å². The molecule has 5 heteroatoms. The van der Waals surface area contributed by atoms with Crippen molar-refractivity contribution in [2.45, 2.75) is 39.8 Å². The van der Waals surface area contributed by atoms with Crippen LogP contribution in [0.1, 0.15) is 32.5 Å². The molecule has 0 saturated heterocycles. The first kappa shape index (κ1) is 11.4. The molecule has 1 saturated carbocycles. The lowest BCUT2D eigenvalue weighted by Gasteiger charge is -2.08. The second-order valence-corrected chi connectivity index (χ2v) is 4.29. The number of anilines is 1. The average Bonchev–Trinajstić information content (AvgIpc) is 3.02. The van der Waals surface area contributed by atoms with Crippen molar-refractivity contribution in [1.82, 2.24) is 20.1 Å². The molecule has 0 unspecified atom stereocenters. The summed E-state index contributed by atoms with van der Waals surface area (Å²) < 4.78 is 2.13. The molecule has 0 atom stereocenters. The van der Waals surface area contributed by atoms with E-state index >= 15 is 0 Å². The third-order valence-corrected chi connectivity index (χ3v) is 2.89. The van der Waals surface area contributed by atoms with Crippen LogP contribution in [0.2, 0.25) is 0 Å². The third-order valence-electron chi connectivity index (χ3n) is 2.89. The molecule has 1 aromatic heterocycles. The first-order chi connectivity index (χ1) is 7.85. The minimum Gasteiger partial charge on any atom is -0.355 e. The Morgan fingerprint density at radius 3 is 2.75 bits per heavy atom. The Balaban J connectivity index is 1.90. The van der Waals surface area contributed by atoms with E-state index in [1.54, 1.807) is 0 Å². The number of rotatable bonds is 7. The number of nitrogens with one attached hydrogen (secondary N) is 2. The summed E-state index contributed by atoms with van der Waals surface area (Å²) in [4.78, 5) is 0. The van der Waals surface area contributed by atoms with E-state index in [9.17, 15) is 0 Å². The second-order valence-electron chi connectivity index (χ2n) is 4.29. The molecule has 1 heterocycles. The Morgan fingerprint density at radius 1 is 1.31 bits per heavy atom. The molecule has 0 radical (unpaired) electrons. The summed E-state index contributed by atoms with van der Waals surface area (Å²) in [6.07, 6.45) is 2.77. The van der Waals surface area contributed by atoms with Crippen LogP contribution in [0.5, 0.6) is 0 Å². The van der Waals surface area contributed by atoms with Gasteiger partial charge >= 0.3 is 0 Å². The molecule has 5 nitrogen and oxygen atoms in total. The molecule has 0 aliphatic heterocycles. The Labute approximate surface area is 96.6 Å². The van der Waals surface area contributed by atoms with Gasteiger partial charge in [-0.3, -0.25) is 4.57 Å². The Hall–Kier alpha value is -1.10. The van der Waals surface area contributed by atoms with Crippen molar-refractivity contribution in [3.63, 3.8) is 0 Å². The predicted molar refractivity (Wildman–Crippen MR) is 64.3 cm³/mol. The highest BCUT2D eigenvalue weighted by molar-refractivity contribution is 5.25. The van der Waals surface area contributed by atoms with E-state index in [1.807, 2.05) is 0 Å². The van der Waals surface area contributed by atoms with Gasteiger partial charge in [-0.05, 0) is 39.2 Å². The van der Waals surface area contributed by atoms with E-state index in [4.69, 9.17) is 0 Å². The van der Waals surface area contributed by atoms with E-state index in [1.165, 1.54) is 12.8 Å². The van der Waals surface area contributed by atoms with Gasteiger partial charge in [-0.25, -0.2) is 0 Å². The van der Waals surface area contributed by atoms with Crippen LogP contribution >= 0.6 is 0 Å². The Kier molecular flexibility index (Phi) is 3.77. The lowest BCUT2D eigenvalue weighted by molar-refractivity contribution is 0.589. The van der Waals surface area contributed by atoms with Crippen LogP contribution in [-0.2, 0) is 13.1 Å². The molecule has 0 bridgehead atoms. The minimum absolute atomic E-state index is 0.822. The van der Waals surface area contributed by atoms with Crippen LogP contribution < -0.4 is 10.6 Å². The van der Waals surface area contributed by atoms with Gasteiger partial charge in [0.05, 0.1) is 6.54 Å². The van der Waals surface area contributed by atoms with Crippen molar-refractivity contribution in [3.8, 4) is 0 Å². The summed E-state index contributed by atoms with van der Waals surface area (Å²) in [5.74, 6) is 2.82. The molecular formula is C11H21N5. The molecule has 1 aliphatic carbocycles. The molecule has 1 aromatic rings. The molecule has 1 aliphatic rings. The van der Waals surface area contributed by atoms with Gasteiger partial charge in [0.25, 0.3) is 0 Å². The minimum atomic E-state index is 0.822. The molecular weight excluding hydrogens is 202 g/mol. The molecule has 2 rings (SSSR count). The van der Waals surface area contributed by atoms with Crippen LogP contribution in [0.3, 0.4) is 0 Å². The Morgan fingerprint density at radius 2 is 2.12 bits per heavy atom. The molecule has 0 amide bonds. The SMILES string of the molecule is CCNc1nnc(CNCC2CC2)n1CC. The first-order valence-electron chi connectivity index (χ1n) is 6.21. The fourth-order valence-electron chi connectivity index (χ4n) is 1.80. The fraction of sp³-hybridized carbons (Fsp3) is 0.818. The van der Waals surface area contributed by atoms with Crippen molar-refractivity contribution < 1.29 is 0 Å². The highest BCUT2D eigenvalue weighted by Gasteiger charge is 2.20. The molecule has 0 spiro atoms. The zero-order valence-corrected chi connectivity index (χ0v) is 10.2. The number of aromatic nitrogens is 3. The largest absolute Gasteiger partial charge is 0.355 e. The number of nitrogens with zero attached hydrogens (tertiary/aromatic N) is 3. The highest BCUT2D eigenvalue weighted by Crippen LogP contribution is 2.27. The van der Waals surface area contributed by atoms with Crippen molar-refractivity contribution in [2.24, 2.45) is 5.92 Å². The van der Waals surface area contributed by atoms with Gasteiger partial charge in [0.1, 0.15) is 5.82 Å². The second kappa shape index (κ2) is 5.30. The smallest absolute Gasteiger partial charge is 0.224 e. The van der Waals surface area contributed by atoms with Crippen LogP contribution in [0, 0.1) is 5.92 Å². The summed E-state index contributed by atoms with van der Waals surface area (Å²) in [6.45, 7) is 7.92. The molecule has 2 N–H and O–H groups in total. The molecule has 16 heavy (non-hydrogen) atoms. The summed E-state index contributed by atoms with van der Waals surface area (Å²) in [5, 5.41) is 15.0. The van der Waals surface area contributed by atoms with Crippen LogP contribution in [0.15, 0.2) is 0 Å². The van der Waals surface area contributed by atoms with E-state index in [0.717, 1.165) is 43.9 Å². The quantitative estimate of drug-likeness (QED) is 0.730. The molecule has 1 fully saturated rings. The summed E-state index contributed by atoms with van der Waals surface area (Å²) in [5.41, 5.74) is 0. The maximum absolute atomic E-state index is 4.21. The summed E-state index contributed by atoms with van der Waals surface area (Å²) >= 11 is 0. The number of hydrogen-bond donors (Lipinski definition) is 2. The van der Waals surface area contributed by atoms with Crippen molar-refractivity contribution >= 4 is 5.95 Å². The maximum atomic E-state index is 4.21. The topological polar surface area (TPSA) is 54.8 Å². The van der Waals surface area contributed by atoms with Gasteiger partial charge in [0.2, 0.25) is 5.95 Å². The van der Waals surface area contributed by atoms with Crippen molar-refractivity contribution in [1.29, 1.82) is 0 Å². The third kappa shape index (κ3) is 2.72. The van der Waals surface area contributed by atoms with Crippen LogP contribution in [-0.4, -0.2) is 27.9 Å². The molecule has 90 valence electrons. The van der Waals surface area contributed by atoms with Gasteiger partial charge < -0.3 is 10.6 Å². The highest BCUT2D eigenvalue weighted by atomic mass is 15.4. The first-order valence-corrected chi connectivity index (χ1v) is 6.21. The average molecular weight is 223 g/mol. The van der Waals surface area contributed by atoms with Crippen LogP contribution in [0.25, 0.3) is 0 Å². The van der Waals surface area contributed by atoms with Gasteiger partial charge in [-0.2, -0.15) is 0 Å². The normalized spacial score (nSPS) is 15.4. The maximum Gasteiger partial charge on any atom is 0.224 e. The predicted octanol–water partition coefficient (Wildman–Crippen LogP) is 1.23. The van der Waals surface area contributed by atoms with Crippen molar-refractivity contribution in [2.75, 3.05) is 18.4 Å². The van der Waals surface area contributed by atoms with E-state index in [-0.39, 0.29) is 0 Å². The lowest BCUT2D eigenvalue weighted by Crippen LogP contribution is -2.19. The van der Waals surface area contributed by atoms with Gasteiger partial charge in [-0.15, -0.1) is 10.2 Å². The van der Waals surface area contributed by atoms with Gasteiger partial charge in [0, 0.05) is 13.1 Å². The zero-order valence-electron chi connectivity index (χ0n) is 10.2. The molecule has 0 aromatic carbocycles. The van der Waals surface area contributed by atoms with Gasteiger partial charge in [0.15, 0.2) is 0 Å². The standard InChI is InChI=1S/C11H21N5/c1-3-13-11-15-14-10(16(11)4-2)8-12-7-9-5-6-9/h9,12H,3-8H2,1-2H3,(H,13,15). The zero-order chi connectivity index (χ0) is 11.4. The fourth-order valence-corrected chi connectivity index (χ4v) is 1.80. The van der Waals surface area contributed by atoms with Crippen LogP contribution in [0.4, 0.5) is 5.95 Å². The van der Waals surface area contributed by atoms with E-state index < -0.39 is 0 Å².